The van der Waals surface area contributed by atoms with Gasteiger partial charge in [-0.15, -0.1) is 0 Å². The first-order valence-corrected chi connectivity index (χ1v) is 39.1. The molecular weight excluding hydrogens is 1120 g/mol. The number of phenols is 1. The fourth-order valence-corrected chi connectivity index (χ4v) is 15.2. The third-order valence-corrected chi connectivity index (χ3v) is 21.4. The molecule has 1 N–H and O–H groups in total. The summed E-state index contributed by atoms with van der Waals surface area (Å²) in [6.07, 6.45) is 8.33. The van der Waals surface area contributed by atoms with Crippen LogP contribution in [0.2, 0.25) is 75.3 Å². The number of carbonyl (C=O) groups excluding carboxylic acids is 4. The molecule has 3 aliphatic heterocycles. The van der Waals surface area contributed by atoms with Crippen molar-refractivity contribution in [1.29, 1.82) is 0 Å². The van der Waals surface area contributed by atoms with Crippen molar-refractivity contribution < 1.29 is 61.9 Å². The molecule has 0 saturated carbocycles. The molecule has 0 radical (unpaired) electrons. The van der Waals surface area contributed by atoms with E-state index in [0.29, 0.717) is 48.4 Å². The van der Waals surface area contributed by atoms with Gasteiger partial charge in [-0.3, -0.25) is 0 Å². The Morgan fingerprint density at radius 2 is 1.43 bits per heavy atom. The van der Waals surface area contributed by atoms with Crippen LogP contribution in [0.5, 0.6) is 11.5 Å². The van der Waals surface area contributed by atoms with Crippen LogP contribution in [-0.4, -0.2) is 124 Å². The number of allylic oxidation sites excluding steroid dienone is 4. The Balaban J connectivity index is 0.000000253. The summed E-state index contributed by atoms with van der Waals surface area (Å²) in [5.41, 5.74) is 1.91. The average Bonchev–Trinajstić information content (AvgIpc) is 4.04. The molecule has 13 nitrogen and oxygen atoms in total. The van der Waals surface area contributed by atoms with Gasteiger partial charge in [-0.1, -0.05) is 58.7 Å². The first-order valence-electron chi connectivity index (χ1n) is 24.9. The zero-order valence-corrected chi connectivity index (χ0v) is 52.9. The number of methoxy groups -OCH3 is 3. The number of carbonyl (C=O) groups is 4. The minimum atomic E-state index is -1.61. The Bertz CT molecular complexity index is 2470. The van der Waals surface area contributed by atoms with E-state index >= 15 is 0 Å². The molecule has 406 valence electrons. The second-order valence-electron chi connectivity index (χ2n) is 21.0. The molecule has 0 spiro atoms. The van der Waals surface area contributed by atoms with Crippen LogP contribution in [0.1, 0.15) is 48.7 Å². The van der Waals surface area contributed by atoms with Crippen LogP contribution in [0.3, 0.4) is 0 Å². The van der Waals surface area contributed by atoms with Crippen molar-refractivity contribution in [1.82, 2.24) is 0 Å². The van der Waals surface area contributed by atoms with Crippen LogP contribution in [0.4, 0.5) is 0 Å². The van der Waals surface area contributed by atoms with Gasteiger partial charge in [-0.25, -0.2) is 4.79 Å². The predicted molar refractivity (Wildman–Crippen MR) is 303 cm³/mol. The number of cyclic esters (lactones) is 3. The summed E-state index contributed by atoms with van der Waals surface area (Å²) in [7, 11) is 1.32. The zero-order valence-electron chi connectivity index (χ0n) is 46.4. The summed E-state index contributed by atoms with van der Waals surface area (Å²) < 4.78 is 44.0. The van der Waals surface area contributed by atoms with Gasteiger partial charge >= 0.3 is 218 Å². The van der Waals surface area contributed by atoms with Crippen LogP contribution in [0.25, 0.3) is 0 Å². The molecule has 0 aromatic heterocycles. The number of hydrogen-bond acceptors (Lipinski definition) is 13. The molecule has 74 heavy (non-hydrogen) atoms. The predicted octanol–water partition coefficient (Wildman–Crippen LogP) is 10.3. The van der Waals surface area contributed by atoms with E-state index in [4.69, 9.17) is 37.6 Å². The van der Waals surface area contributed by atoms with Gasteiger partial charge in [-0.2, -0.15) is 0 Å². The fraction of sp³-hybridized carbons (Fsp3) is 0.464. The molecule has 18 heteroatoms. The van der Waals surface area contributed by atoms with Gasteiger partial charge in [-0.05, 0) is 51.2 Å². The summed E-state index contributed by atoms with van der Waals surface area (Å²) in [6.45, 7) is 29.8. The summed E-state index contributed by atoms with van der Waals surface area (Å²) >= 11 is -0.192. The third-order valence-electron chi connectivity index (χ3n) is 11.5. The number of fused-ring (bicyclic) bond motifs is 2. The minimum absolute atomic E-state index is 0.00439. The number of phenolic OH excluding ortho intramolecular Hbond substituents is 1. The molecule has 3 heterocycles. The normalized spacial score (nSPS) is 19.0. The van der Waals surface area contributed by atoms with E-state index in [0.717, 1.165) is 26.3 Å². The topological polar surface area (TPSA) is 162 Å². The SMILES string of the molecule is C/C=C(/C=C(\OC)O[Si](C)(C)C)OC.CCC[Si](C)(C)C.COC1=CC(=O)C2([Se]c3ccccc3)C(=O)OCC2C1C.Cc1c(O)cc(OCC[Si](C)(C)C)c2c1COC2=O.O=C1OCC=C1[Se]c1ccccc1. The first kappa shape index (κ1) is 63.5. The van der Waals surface area contributed by atoms with E-state index < -0.39 is 28.8 Å². The van der Waals surface area contributed by atoms with Crippen LogP contribution >= 0.6 is 0 Å². The van der Waals surface area contributed by atoms with Gasteiger partial charge in [0, 0.05) is 27.8 Å². The molecule has 4 aliphatic rings. The molecule has 1 saturated heterocycles. The van der Waals surface area contributed by atoms with Crippen LogP contribution in [0, 0.1) is 18.8 Å². The molecule has 0 bridgehead atoms. The Morgan fingerprint density at radius 1 is 0.824 bits per heavy atom. The van der Waals surface area contributed by atoms with Crippen LogP contribution in [0.15, 0.2) is 113 Å². The molecule has 1 aliphatic carbocycles. The molecule has 3 atom stereocenters. The summed E-state index contributed by atoms with van der Waals surface area (Å²) in [6, 6.07) is 23.7. The van der Waals surface area contributed by atoms with Gasteiger partial charge in [0.15, 0.2) is 0 Å². The quantitative estimate of drug-likeness (QED) is 0.0361. The van der Waals surface area contributed by atoms with Crippen molar-refractivity contribution in [3.8, 4) is 11.5 Å². The standard InChI is InChI=1S/C16H16O4Se.C14H20O4Si.C10H20O3Si.C10H8O2Se.C6H16Si/c1-10-12-9-20-15(18)16(12,14(17)8-13(10)19-2)21-11-6-4-3-5-7-11;1-9-10-8-18-14(16)13(10)12(7-11(9)15)17-5-6-19(2,3)4;1-7-9(11-2)8-10(12-3)13-14(4,5)6;11-10-9(6-7-12-10)13-8-4-2-1-3-5-8;1-5-6-7(2,3)4/h3-8,10,12H,9H2,1-2H3;7,15H,5-6,8H2,1-4H3;7-8H,1-6H3;1-6H,7H2;5-6H2,1-4H3/b;;9-7-,10-8+;;. The molecule has 7 rings (SSSR count). The van der Waals surface area contributed by atoms with Gasteiger partial charge in [0.2, 0.25) is 8.32 Å². The Kier molecular flexibility index (Phi) is 25.3. The van der Waals surface area contributed by atoms with Crippen molar-refractivity contribution >= 4 is 87.0 Å². The number of aromatic hydroxyl groups is 1. The van der Waals surface area contributed by atoms with E-state index in [1.807, 2.05) is 86.7 Å². The van der Waals surface area contributed by atoms with Gasteiger partial charge in [0.1, 0.15) is 29.4 Å². The van der Waals surface area contributed by atoms with Gasteiger partial charge in [0.25, 0.3) is 5.95 Å². The number of rotatable bonds is 16. The number of ketones is 1. The fourth-order valence-electron chi connectivity index (χ4n) is 7.57. The number of benzene rings is 3. The summed E-state index contributed by atoms with van der Waals surface area (Å²) in [5, 5.41) is 9.87. The second kappa shape index (κ2) is 29.5. The van der Waals surface area contributed by atoms with Crippen molar-refractivity contribution in [2.45, 2.75) is 116 Å². The number of esters is 3. The van der Waals surface area contributed by atoms with Gasteiger partial charge in [0.05, 0.1) is 26.9 Å². The summed E-state index contributed by atoms with van der Waals surface area (Å²) in [5.74, 6) is 1.29. The average molecular weight is 1200 g/mol. The monoisotopic (exact) mass is 1200 g/mol. The third kappa shape index (κ3) is 19.7. The molecular formula is C56H80O13Se2Si3. The molecule has 3 unspecified atom stereocenters. The van der Waals surface area contributed by atoms with E-state index in [9.17, 15) is 24.3 Å². The van der Waals surface area contributed by atoms with Crippen molar-refractivity contribution in [3.05, 3.63) is 130 Å². The zero-order chi connectivity index (χ0) is 55.4. The molecule has 3 aromatic carbocycles. The Labute approximate surface area is 456 Å². The van der Waals surface area contributed by atoms with Crippen LogP contribution < -0.4 is 13.7 Å². The van der Waals surface area contributed by atoms with Crippen molar-refractivity contribution in [2.24, 2.45) is 11.8 Å². The number of ether oxygens (including phenoxy) is 7. The second-order valence-corrected chi connectivity index (χ2v) is 41.8. The maximum atomic E-state index is 12.7. The van der Waals surface area contributed by atoms with E-state index in [1.54, 1.807) is 34.3 Å². The van der Waals surface area contributed by atoms with E-state index in [1.165, 1.54) is 29.1 Å². The maximum absolute atomic E-state index is 12.7. The van der Waals surface area contributed by atoms with Crippen LogP contribution in [-0.2, 0) is 53.8 Å². The summed E-state index contributed by atoms with van der Waals surface area (Å²) in [4.78, 5) is 47.9. The Hall–Kier alpha value is -4.81. The first-order chi connectivity index (χ1) is 34.7. The molecule has 1 fully saturated rings. The van der Waals surface area contributed by atoms with E-state index in [-0.39, 0.29) is 77.8 Å². The Morgan fingerprint density at radius 3 is 1.92 bits per heavy atom. The van der Waals surface area contributed by atoms with Crippen molar-refractivity contribution in [3.63, 3.8) is 0 Å². The van der Waals surface area contributed by atoms with E-state index in [2.05, 4.69) is 65.8 Å². The van der Waals surface area contributed by atoms with Gasteiger partial charge < -0.3 is 28.5 Å². The number of hydrogen-bond donors (Lipinski definition) is 1. The molecule has 0 amide bonds. The molecule has 3 aromatic rings. The van der Waals surface area contributed by atoms with Crippen molar-refractivity contribution in [2.75, 3.05) is 41.2 Å².